The third-order valence-electron chi connectivity index (χ3n) is 6.82. The summed E-state index contributed by atoms with van der Waals surface area (Å²) in [4.78, 5) is 32.2. The fourth-order valence-electron chi connectivity index (χ4n) is 4.96. The lowest BCUT2D eigenvalue weighted by molar-refractivity contribution is 0.0959. The molecule has 4 aromatic rings. The zero-order valence-electron chi connectivity index (χ0n) is 21.5. The molecule has 1 N–H and O–H groups in total. The molecule has 190 valence electrons. The van der Waals surface area contributed by atoms with E-state index in [4.69, 9.17) is 9.72 Å². The molecule has 1 aliphatic rings. The van der Waals surface area contributed by atoms with Crippen LogP contribution < -0.4 is 15.9 Å². The highest BCUT2D eigenvalue weighted by atomic mass is 19.1. The first-order valence-corrected chi connectivity index (χ1v) is 12.0. The summed E-state index contributed by atoms with van der Waals surface area (Å²) in [5.41, 5.74) is 3.80. The van der Waals surface area contributed by atoms with Gasteiger partial charge in [0.15, 0.2) is 0 Å². The van der Waals surface area contributed by atoms with Gasteiger partial charge in [-0.1, -0.05) is 20.8 Å². The number of fused-ring (bicyclic) bond motifs is 2. The first-order chi connectivity index (χ1) is 17.0. The topological polar surface area (TPSA) is 86.3 Å². The summed E-state index contributed by atoms with van der Waals surface area (Å²) in [7, 11) is 5.00. The van der Waals surface area contributed by atoms with Crippen molar-refractivity contribution < 1.29 is 13.9 Å². The van der Waals surface area contributed by atoms with Crippen molar-refractivity contribution in [2.75, 3.05) is 38.3 Å². The minimum atomic E-state index is -0.620. The molecule has 0 aliphatic carbocycles. The standard InChI is InChI=1S/C26H31FN6O3/c1-26(2,3)24-29-18-13-16(23(34)28-4)17(27)14-19(18)33(24)15-11-20-22(31(6)25(35)30(20)5)21(12-15)32-7-9-36-10-8-32/h11-14H,7-10H2,1-6H3,(H,28,34). The Morgan fingerprint density at radius 2 is 1.75 bits per heavy atom. The number of anilines is 1. The van der Waals surface area contributed by atoms with Gasteiger partial charge in [-0.05, 0) is 18.2 Å². The molecule has 5 rings (SSSR count). The van der Waals surface area contributed by atoms with Crippen LogP contribution in [0.4, 0.5) is 10.1 Å². The van der Waals surface area contributed by atoms with Crippen LogP contribution in [0, 0.1) is 5.82 Å². The summed E-state index contributed by atoms with van der Waals surface area (Å²) in [6, 6.07) is 6.84. The Labute approximate surface area is 208 Å². The molecule has 0 bridgehead atoms. The number of hydrogen-bond donors (Lipinski definition) is 1. The number of aryl methyl sites for hydroxylation is 2. The number of nitrogens with zero attached hydrogens (tertiary/aromatic N) is 5. The number of aromatic nitrogens is 4. The Hall–Kier alpha value is -3.66. The number of ether oxygens (including phenoxy) is 1. The van der Waals surface area contributed by atoms with E-state index in [-0.39, 0.29) is 16.7 Å². The number of halogens is 1. The van der Waals surface area contributed by atoms with Gasteiger partial charge in [0.2, 0.25) is 0 Å². The molecule has 0 atom stereocenters. The largest absolute Gasteiger partial charge is 0.378 e. The van der Waals surface area contributed by atoms with Gasteiger partial charge in [-0.25, -0.2) is 14.2 Å². The van der Waals surface area contributed by atoms with Gasteiger partial charge in [-0.3, -0.25) is 18.5 Å². The second-order valence-corrected chi connectivity index (χ2v) is 10.3. The average molecular weight is 495 g/mol. The number of rotatable bonds is 3. The normalized spacial score (nSPS) is 14.7. The second-order valence-electron chi connectivity index (χ2n) is 10.3. The highest BCUT2D eigenvalue weighted by Gasteiger charge is 2.28. The van der Waals surface area contributed by atoms with Crippen LogP contribution in [0.25, 0.3) is 27.8 Å². The maximum absolute atomic E-state index is 15.1. The number of imidazole rings is 2. The predicted molar refractivity (Wildman–Crippen MR) is 138 cm³/mol. The van der Waals surface area contributed by atoms with Gasteiger partial charge in [0, 0.05) is 45.7 Å². The molecule has 9 nitrogen and oxygen atoms in total. The average Bonchev–Trinajstić information content (AvgIpc) is 3.34. The number of carbonyl (C=O) groups is 1. The minimum absolute atomic E-state index is 0.0509. The van der Waals surface area contributed by atoms with Crippen molar-refractivity contribution in [1.82, 2.24) is 24.0 Å². The summed E-state index contributed by atoms with van der Waals surface area (Å²) in [6.07, 6.45) is 0. The van der Waals surface area contributed by atoms with Crippen molar-refractivity contribution in [3.05, 3.63) is 52.0 Å². The van der Waals surface area contributed by atoms with Gasteiger partial charge in [0.1, 0.15) is 11.6 Å². The van der Waals surface area contributed by atoms with E-state index >= 15 is 4.39 Å². The monoisotopic (exact) mass is 494 g/mol. The number of hydrogen-bond acceptors (Lipinski definition) is 5. The number of amides is 1. The van der Waals surface area contributed by atoms with Crippen LogP contribution in [-0.4, -0.2) is 57.9 Å². The first kappa shape index (κ1) is 24.1. The van der Waals surface area contributed by atoms with Gasteiger partial charge in [-0.2, -0.15) is 0 Å². The molecule has 10 heteroatoms. The number of morpholine rings is 1. The van der Waals surface area contributed by atoms with Crippen LogP contribution in [0.15, 0.2) is 29.1 Å². The van der Waals surface area contributed by atoms with Crippen LogP contribution in [0.2, 0.25) is 0 Å². The summed E-state index contributed by atoms with van der Waals surface area (Å²) in [5.74, 6) is -0.402. The predicted octanol–water partition coefficient (Wildman–Crippen LogP) is 2.85. The van der Waals surface area contributed by atoms with Crippen LogP contribution in [0.3, 0.4) is 0 Å². The number of carbonyl (C=O) groups excluding carboxylic acids is 1. The van der Waals surface area contributed by atoms with E-state index in [1.54, 1.807) is 23.2 Å². The number of benzene rings is 2. The van der Waals surface area contributed by atoms with Crippen molar-refractivity contribution in [2.45, 2.75) is 26.2 Å². The summed E-state index contributed by atoms with van der Waals surface area (Å²) >= 11 is 0. The molecule has 0 radical (unpaired) electrons. The minimum Gasteiger partial charge on any atom is -0.378 e. The lowest BCUT2D eigenvalue weighted by Crippen LogP contribution is -2.36. The molecule has 2 aromatic heterocycles. The molecule has 1 amide bonds. The third-order valence-corrected chi connectivity index (χ3v) is 6.82. The van der Waals surface area contributed by atoms with Crippen molar-refractivity contribution in [3.8, 4) is 5.69 Å². The quantitative estimate of drug-likeness (QED) is 0.473. The number of nitrogens with one attached hydrogen (secondary N) is 1. The van der Waals surface area contributed by atoms with Crippen molar-refractivity contribution in [3.63, 3.8) is 0 Å². The van der Waals surface area contributed by atoms with E-state index in [1.165, 1.54) is 19.2 Å². The SMILES string of the molecule is CNC(=O)c1cc2nc(C(C)(C)C)n(-c3cc(N4CCOCC4)c4c(c3)n(C)c(=O)n4C)c2cc1F. The fraction of sp³-hybridized carbons (Fsp3) is 0.423. The lowest BCUT2D eigenvalue weighted by atomic mass is 9.95. The maximum Gasteiger partial charge on any atom is 0.328 e. The molecule has 0 saturated carbocycles. The Morgan fingerprint density at radius 3 is 2.39 bits per heavy atom. The highest BCUT2D eigenvalue weighted by Crippen LogP contribution is 2.35. The van der Waals surface area contributed by atoms with Gasteiger partial charge in [0.25, 0.3) is 5.91 Å². The van der Waals surface area contributed by atoms with E-state index in [0.29, 0.717) is 37.3 Å². The Morgan fingerprint density at radius 1 is 1.06 bits per heavy atom. The molecular weight excluding hydrogens is 463 g/mol. The van der Waals surface area contributed by atoms with Crippen LogP contribution in [0.5, 0.6) is 0 Å². The second kappa shape index (κ2) is 8.48. The molecule has 3 heterocycles. The molecular formula is C26H31FN6O3. The molecule has 0 spiro atoms. The van der Waals surface area contributed by atoms with E-state index < -0.39 is 11.7 Å². The highest BCUT2D eigenvalue weighted by molar-refractivity contribution is 5.98. The summed E-state index contributed by atoms with van der Waals surface area (Å²) in [5, 5.41) is 2.48. The Kier molecular flexibility index (Phi) is 5.66. The Balaban J connectivity index is 1.86. The molecule has 1 fully saturated rings. The first-order valence-electron chi connectivity index (χ1n) is 12.0. The zero-order valence-corrected chi connectivity index (χ0v) is 21.5. The molecule has 1 aliphatic heterocycles. The maximum atomic E-state index is 15.1. The lowest BCUT2D eigenvalue weighted by Gasteiger charge is -2.30. The van der Waals surface area contributed by atoms with Crippen LogP contribution in [-0.2, 0) is 24.2 Å². The van der Waals surface area contributed by atoms with E-state index in [9.17, 15) is 9.59 Å². The van der Waals surface area contributed by atoms with Gasteiger partial charge in [-0.15, -0.1) is 0 Å². The molecule has 1 saturated heterocycles. The molecule has 0 unspecified atom stereocenters. The van der Waals surface area contributed by atoms with Crippen LogP contribution >= 0.6 is 0 Å². The summed E-state index contributed by atoms with van der Waals surface area (Å²) < 4.78 is 25.9. The molecule has 36 heavy (non-hydrogen) atoms. The third kappa shape index (κ3) is 3.67. The van der Waals surface area contributed by atoms with Gasteiger partial charge >= 0.3 is 5.69 Å². The van der Waals surface area contributed by atoms with Crippen molar-refractivity contribution in [1.29, 1.82) is 0 Å². The Bertz CT molecular complexity index is 1570. The van der Waals surface area contributed by atoms with E-state index in [1.807, 2.05) is 37.5 Å². The van der Waals surface area contributed by atoms with Crippen molar-refractivity contribution >= 4 is 33.7 Å². The van der Waals surface area contributed by atoms with E-state index in [2.05, 4.69) is 10.2 Å². The zero-order chi connectivity index (χ0) is 25.9. The summed E-state index contributed by atoms with van der Waals surface area (Å²) in [6.45, 7) is 8.72. The molecule has 2 aromatic carbocycles. The van der Waals surface area contributed by atoms with Crippen molar-refractivity contribution in [2.24, 2.45) is 14.1 Å². The van der Waals surface area contributed by atoms with E-state index in [0.717, 1.165) is 28.2 Å². The fourth-order valence-corrected chi connectivity index (χ4v) is 4.96. The van der Waals surface area contributed by atoms with Gasteiger partial charge in [0.05, 0.1) is 52.2 Å². The van der Waals surface area contributed by atoms with Crippen LogP contribution in [0.1, 0.15) is 37.0 Å². The smallest absolute Gasteiger partial charge is 0.328 e. The van der Waals surface area contributed by atoms with Gasteiger partial charge < -0.3 is 15.0 Å².